The average molecular weight is 266 g/mol. The van der Waals surface area contributed by atoms with Crippen molar-refractivity contribution in [2.75, 3.05) is 20.2 Å². The second kappa shape index (κ2) is 4.63. The van der Waals surface area contributed by atoms with Crippen molar-refractivity contribution < 1.29 is 9.53 Å². The molecule has 5 heteroatoms. The maximum Gasteiger partial charge on any atom is 0.313 e. The minimum Gasteiger partial charge on any atom is -0.469 e. The van der Waals surface area contributed by atoms with E-state index in [1.165, 1.54) is 12.0 Å². The summed E-state index contributed by atoms with van der Waals surface area (Å²) in [4.78, 5) is 19.9. The monoisotopic (exact) mass is 266 g/mol. The molecule has 0 unspecified atom stereocenters. The molecule has 1 saturated carbocycles. The minimum absolute atomic E-state index is 0.00296. The fourth-order valence-corrected chi connectivity index (χ4v) is 4.23. The highest BCUT2D eigenvalue weighted by Crippen LogP contribution is 2.49. The Labute approximate surface area is 111 Å². The van der Waals surface area contributed by atoms with Crippen molar-refractivity contribution in [2.45, 2.75) is 25.8 Å². The van der Waals surface area contributed by atoms with Gasteiger partial charge in [0.1, 0.15) is 0 Å². The molecule has 0 spiro atoms. The number of ether oxygens (including phenoxy) is 1. The summed E-state index contributed by atoms with van der Waals surface area (Å²) in [6.45, 7) is 2.79. The first-order chi connectivity index (χ1) is 8.74. The molecule has 2 aliphatic rings. The molecular formula is C13H18N2O2S. The number of aromatic nitrogens is 1. The van der Waals surface area contributed by atoms with Crippen LogP contribution in [0.25, 0.3) is 0 Å². The molecule has 0 amide bonds. The van der Waals surface area contributed by atoms with Crippen molar-refractivity contribution in [3.63, 3.8) is 0 Å². The number of esters is 1. The van der Waals surface area contributed by atoms with Crippen LogP contribution in [-0.4, -0.2) is 36.1 Å². The van der Waals surface area contributed by atoms with Gasteiger partial charge in [-0.25, -0.2) is 0 Å². The lowest BCUT2D eigenvalue weighted by atomic mass is 9.81. The number of rotatable bonds is 3. The summed E-state index contributed by atoms with van der Waals surface area (Å²) in [5.41, 5.74) is 1.64. The van der Waals surface area contributed by atoms with Crippen molar-refractivity contribution in [1.82, 2.24) is 9.88 Å². The van der Waals surface area contributed by atoms with E-state index in [1.54, 1.807) is 11.3 Å². The second-order valence-corrected chi connectivity index (χ2v) is 6.35. The quantitative estimate of drug-likeness (QED) is 0.784. The highest BCUT2D eigenvalue weighted by molar-refractivity contribution is 7.09. The van der Waals surface area contributed by atoms with Crippen LogP contribution in [0.15, 0.2) is 11.7 Å². The smallest absolute Gasteiger partial charge is 0.313 e. The Bertz CT molecular complexity index is 434. The number of hydrogen-bond acceptors (Lipinski definition) is 5. The third-order valence-corrected chi connectivity index (χ3v) is 5.16. The average Bonchev–Trinajstić information content (AvgIpc) is 3.03. The Morgan fingerprint density at radius 3 is 3.33 bits per heavy atom. The van der Waals surface area contributed by atoms with Gasteiger partial charge in [0.25, 0.3) is 0 Å². The molecule has 1 aromatic heterocycles. The standard InChI is InChI=1S/C13H18N2O2S/c1-17-12(16)13-4-2-3-10(13)6-15(8-13)7-11-5-14-9-18-11/h5,9-10H,2-4,6-8H2,1H3/t10-,13-/m1/s1. The Morgan fingerprint density at radius 2 is 2.61 bits per heavy atom. The summed E-state index contributed by atoms with van der Waals surface area (Å²) < 4.78 is 5.05. The van der Waals surface area contributed by atoms with E-state index in [4.69, 9.17) is 4.74 Å². The molecule has 2 atom stereocenters. The molecule has 0 aromatic carbocycles. The van der Waals surface area contributed by atoms with Crippen LogP contribution in [0.1, 0.15) is 24.1 Å². The van der Waals surface area contributed by atoms with Crippen LogP contribution in [0.5, 0.6) is 0 Å². The lowest BCUT2D eigenvalue weighted by Crippen LogP contribution is -2.36. The number of hydrogen-bond donors (Lipinski definition) is 0. The third-order valence-electron chi connectivity index (χ3n) is 4.40. The van der Waals surface area contributed by atoms with Crippen LogP contribution in [0, 0.1) is 11.3 Å². The number of carbonyl (C=O) groups is 1. The van der Waals surface area contributed by atoms with E-state index in [0.29, 0.717) is 5.92 Å². The lowest BCUT2D eigenvalue weighted by Gasteiger charge is -2.25. The van der Waals surface area contributed by atoms with E-state index in [2.05, 4.69) is 9.88 Å². The van der Waals surface area contributed by atoms with Crippen molar-refractivity contribution in [2.24, 2.45) is 11.3 Å². The maximum absolute atomic E-state index is 12.1. The highest BCUT2D eigenvalue weighted by atomic mass is 32.1. The van der Waals surface area contributed by atoms with Gasteiger partial charge in [-0.05, 0) is 18.8 Å². The zero-order valence-corrected chi connectivity index (χ0v) is 11.4. The molecule has 0 radical (unpaired) electrons. The number of thiazole rings is 1. The summed E-state index contributed by atoms with van der Waals surface area (Å²) in [5.74, 6) is 0.481. The summed E-state index contributed by atoms with van der Waals surface area (Å²) in [6.07, 6.45) is 5.23. The number of likely N-dealkylation sites (tertiary alicyclic amines) is 1. The molecule has 18 heavy (non-hydrogen) atoms. The van der Waals surface area contributed by atoms with Crippen LogP contribution in [0.4, 0.5) is 0 Å². The largest absolute Gasteiger partial charge is 0.469 e. The Morgan fingerprint density at radius 1 is 1.72 bits per heavy atom. The van der Waals surface area contributed by atoms with Gasteiger partial charge in [0.15, 0.2) is 0 Å². The zero-order valence-electron chi connectivity index (χ0n) is 10.6. The summed E-state index contributed by atoms with van der Waals surface area (Å²) >= 11 is 1.68. The number of carbonyl (C=O) groups excluding carboxylic acids is 1. The van der Waals surface area contributed by atoms with E-state index in [0.717, 1.165) is 38.9 Å². The summed E-state index contributed by atoms with van der Waals surface area (Å²) in [6, 6.07) is 0. The molecular weight excluding hydrogens is 248 g/mol. The van der Waals surface area contributed by atoms with Crippen LogP contribution >= 0.6 is 11.3 Å². The second-order valence-electron chi connectivity index (χ2n) is 5.37. The van der Waals surface area contributed by atoms with Crippen molar-refractivity contribution in [3.05, 3.63) is 16.6 Å². The van der Waals surface area contributed by atoms with Gasteiger partial charge in [-0.2, -0.15) is 0 Å². The summed E-state index contributed by atoms with van der Waals surface area (Å²) in [7, 11) is 1.51. The van der Waals surface area contributed by atoms with Gasteiger partial charge >= 0.3 is 5.97 Å². The first-order valence-electron chi connectivity index (χ1n) is 6.43. The Balaban J connectivity index is 1.74. The highest BCUT2D eigenvalue weighted by Gasteiger charge is 2.55. The van der Waals surface area contributed by atoms with E-state index in [9.17, 15) is 4.79 Å². The molecule has 98 valence electrons. The number of nitrogens with zero attached hydrogens (tertiary/aromatic N) is 2. The Hall–Kier alpha value is -0.940. The van der Waals surface area contributed by atoms with Gasteiger partial charge in [0.2, 0.25) is 0 Å². The molecule has 2 fully saturated rings. The molecule has 1 aromatic rings. The van der Waals surface area contributed by atoms with Crippen molar-refractivity contribution in [1.29, 1.82) is 0 Å². The van der Waals surface area contributed by atoms with E-state index in [1.807, 2.05) is 11.7 Å². The topological polar surface area (TPSA) is 42.4 Å². The maximum atomic E-state index is 12.1. The zero-order chi connectivity index (χ0) is 12.6. The fourth-order valence-electron chi connectivity index (χ4n) is 3.59. The van der Waals surface area contributed by atoms with Gasteiger partial charge in [0.05, 0.1) is 18.0 Å². The first kappa shape index (κ1) is 12.1. The Kier molecular flexibility index (Phi) is 3.11. The lowest BCUT2D eigenvalue weighted by molar-refractivity contribution is -0.153. The normalized spacial score (nSPS) is 31.5. The van der Waals surface area contributed by atoms with Crippen LogP contribution < -0.4 is 0 Å². The van der Waals surface area contributed by atoms with Gasteiger partial charge in [-0.3, -0.25) is 14.7 Å². The molecule has 4 nitrogen and oxygen atoms in total. The molecule has 1 aliphatic carbocycles. The third kappa shape index (κ3) is 1.86. The predicted octanol–water partition coefficient (Wildman–Crippen LogP) is 1.92. The fraction of sp³-hybridized carbons (Fsp3) is 0.692. The van der Waals surface area contributed by atoms with E-state index < -0.39 is 0 Å². The molecule has 1 aliphatic heterocycles. The molecule has 0 N–H and O–H groups in total. The van der Waals surface area contributed by atoms with Gasteiger partial charge in [-0.15, -0.1) is 11.3 Å². The van der Waals surface area contributed by atoms with Crippen molar-refractivity contribution in [3.8, 4) is 0 Å². The molecule has 0 bridgehead atoms. The SMILES string of the molecule is COC(=O)[C@@]12CCC[C@@H]1CN(Cc1cncs1)C2. The minimum atomic E-state index is -0.223. The predicted molar refractivity (Wildman–Crippen MR) is 69.2 cm³/mol. The summed E-state index contributed by atoms with van der Waals surface area (Å²) in [5, 5.41) is 0. The van der Waals surface area contributed by atoms with E-state index in [-0.39, 0.29) is 11.4 Å². The number of fused-ring (bicyclic) bond motifs is 1. The van der Waals surface area contributed by atoms with Crippen LogP contribution in [0.3, 0.4) is 0 Å². The first-order valence-corrected chi connectivity index (χ1v) is 7.31. The van der Waals surface area contributed by atoms with E-state index >= 15 is 0 Å². The van der Waals surface area contributed by atoms with Gasteiger partial charge < -0.3 is 4.74 Å². The van der Waals surface area contributed by atoms with Crippen LogP contribution in [-0.2, 0) is 16.1 Å². The van der Waals surface area contributed by atoms with Crippen molar-refractivity contribution >= 4 is 17.3 Å². The van der Waals surface area contributed by atoms with Gasteiger partial charge in [-0.1, -0.05) is 6.42 Å². The molecule has 2 heterocycles. The number of methoxy groups -OCH3 is 1. The van der Waals surface area contributed by atoms with Crippen LogP contribution in [0.2, 0.25) is 0 Å². The molecule has 1 saturated heterocycles. The molecule has 3 rings (SSSR count). The van der Waals surface area contributed by atoms with Gasteiger partial charge in [0, 0.05) is 30.7 Å².